The normalized spacial score (nSPS) is 27.6. The third kappa shape index (κ3) is 4.45. The minimum absolute atomic E-state index is 0.0933. The molecule has 0 spiro atoms. The molecule has 0 aromatic heterocycles. The van der Waals surface area contributed by atoms with E-state index in [1.807, 2.05) is 13.8 Å². The van der Waals surface area contributed by atoms with Gasteiger partial charge in [0.05, 0.1) is 6.61 Å². The Hall–Kier alpha value is -0.610. The lowest BCUT2D eigenvalue weighted by atomic mass is 10.0. The summed E-state index contributed by atoms with van der Waals surface area (Å²) in [5.41, 5.74) is -0.551. The van der Waals surface area contributed by atoms with E-state index in [4.69, 9.17) is 4.74 Å². The molecule has 0 aromatic rings. The molecule has 2 unspecified atom stereocenters. The van der Waals surface area contributed by atoms with Crippen LogP contribution in [0.3, 0.4) is 0 Å². The molecule has 1 aliphatic carbocycles. The van der Waals surface area contributed by atoms with Crippen LogP contribution in [0.2, 0.25) is 0 Å². The molecule has 1 saturated heterocycles. The SMILES string of the molecule is CCOC(=O)C(C)(CN1CCCC(C)CC1)NC1CC1. The summed E-state index contributed by atoms with van der Waals surface area (Å²) < 4.78 is 5.30. The monoisotopic (exact) mass is 282 g/mol. The molecule has 1 saturated carbocycles. The molecule has 2 rings (SSSR count). The molecule has 2 aliphatic rings. The van der Waals surface area contributed by atoms with E-state index in [1.54, 1.807) is 0 Å². The molecule has 2 fully saturated rings. The van der Waals surface area contributed by atoms with Crippen molar-refractivity contribution in [1.82, 2.24) is 10.2 Å². The van der Waals surface area contributed by atoms with E-state index in [2.05, 4.69) is 17.1 Å². The van der Waals surface area contributed by atoms with Crippen molar-refractivity contribution in [3.05, 3.63) is 0 Å². The quantitative estimate of drug-likeness (QED) is 0.758. The van der Waals surface area contributed by atoms with Gasteiger partial charge in [-0.15, -0.1) is 0 Å². The highest BCUT2D eigenvalue weighted by atomic mass is 16.5. The maximum atomic E-state index is 12.3. The van der Waals surface area contributed by atoms with Crippen LogP contribution in [0.1, 0.15) is 52.9 Å². The Morgan fingerprint density at radius 2 is 2.05 bits per heavy atom. The van der Waals surface area contributed by atoms with E-state index < -0.39 is 5.54 Å². The topological polar surface area (TPSA) is 41.6 Å². The van der Waals surface area contributed by atoms with Crippen LogP contribution < -0.4 is 5.32 Å². The number of ether oxygens (including phenoxy) is 1. The van der Waals surface area contributed by atoms with Gasteiger partial charge < -0.3 is 9.64 Å². The molecule has 1 heterocycles. The molecule has 4 nitrogen and oxygen atoms in total. The summed E-state index contributed by atoms with van der Waals surface area (Å²) in [6, 6.07) is 0.510. The minimum Gasteiger partial charge on any atom is -0.465 e. The number of likely N-dealkylation sites (tertiary alicyclic amines) is 1. The molecule has 20 heavy (non-hydrogen) atoms. The summed E-state index contributed by atoms with van der Waals surface area (Å²) in [4.78, 5) is 14.8. The van der Waals surface area contributed by atoms with Gasteiger partial charge in [0, 0.05) is 12.6 Å². The van der Waals surface area contributed by atoms with Crippen molar-refractivity contribution in [2.75, 3.05) is 26.2 Å². The Labute approximate surface area is 123 Å². The zero-order valence-electron chi connectivity index (χ0n) is 13.3. The lowest BCUT2D eigenvalue weighted by molar-refractivity contribution is -0.151. The number of nitrogens with one attached hydrogen (secondary N) is 1. The van der Waals surface area contributed by atoms with Gasteiger partial charge in [-0.25, -0.2) is 0 Å². The van der Waals surface area contributed by atoms with Crippen molar-refractivity contribution < 1.29 is 9.53 Å². The smallest absolute Gasteiger partial charge is 0.327 e. The summed E-state index contributed by atoms with van der Waals surface area (Å²) in [6.45, 7) is 9.65. The Bertz CT molecular complexity index is 330. The first-order chi connectivity index (χ1) is 9.53. The first-order valence-corrected chi connectivity index (χ1v) is 8.21. The molecule has 2 atom stereocenters. The van der Waals surface area contributed by atoms with Crippen molar-refractivity contribution in [2.45, 2.75) is 64.5 Å². The fraction of sp³-hybridized carbons (Fsp3) is 0.938. The maximum absolute atomic E-state index is 12.3. The van der Waals surface area contributed by atoms with Gasteiger partial charge in [0.25, 0.3) is 0 Å². The molecular weight excluding hydrogens is 252 g/mol. The number of carbonyl (C=O) groups is 1. The zero-order valence-corrected chi connectivity index (χ0v) is 13.3. The van der Waals surface area contributed by atoms with E-state index in [1.165, 1.54) is 32.1 Å². The van der Waals surface area contributed by atoms with Gasteiger partial charge >= 0.3 is 5.97 Å². The minimum atomic E-state index is -0.551. The second-order valence-electron chi connectivity index (χ2n) is 6.78. The van der Waals surface area contributed by atoms with Crippen LogP contribution in [0.5, 0.6) is 0 Å². The van der Waals surface area contributed by atoms with Gasteiger partial charge in [0.1, 0.15) is 5.54 Å². The number of nitrogens with zero attached hydrogens (tertiary/aromatic N) is 1. The van der Waals surface area contributed by atoms with Crippen molar-refractivity contribution >= 4 is 5.97 Å². The van der Waals surface area contributed by atoms with E-state index in [-0.39, 0.29) is 5.97 Å². The highest BCUT2D eigenvalue weighted by Crippen LogP contribution is 2.25. The molecule has 0 amide bonds. The number of hydrogen-bond donors (Lipinski definition) is 1. The summed E-state index contributed by atoms with van der Waals surface area (Å²) in [5, 5.41) is 3.51. The van der Waals surface area contributed by atoms with Crippen molar-refractivity contribution in [2.24, 2.45) is 5.92 Å². The second kappa shape index (κ2) is 6.90. The Morgan fingerprint density at radius 1 is 1.30 bits per heavy atom. The molecule has 1 N–H and O–H groups in total. The van der Waals surface area contributed by atoms with Crippen LogP contribution in [0.15, 0.2) is 0 Å². The highest BCUT2D eigenvalue weighted by molar-refractivity contribution is 5.80. The summed E-state index contributed by atoms with van der Waals surface area (Å²) in [7, 11) is 0. The van der Waals surface area contributed by atoms with Gasteiger partial charge in [-0.05, 0) is 65.0 Å². The largest absolute Gasteiger partial charge is 0.465 e. The summed E-state index contributed by atoms with van der Waals surface area (Å²) in [6.07, 6.45) is 6.16. The van der Waals surface area contributed by atoms with Gasteiger partial charge in [-0.2, -0.15) is 0 Å². The van der Waals surface area contributed by atoms with Crippen LogP contribution in [-0.2, 0) is 9.53 Å². The van der Waals surface area contributed by atoms with Crippen molar-refractivity contribution in [1.29, 1.82) is 0 Å². The van der Waals surface area contributed by atoms with Gasteiger partial charge in [-0.3, -0.25) is 10.1 Å². The first-order valence-electron chi connectivity index (χ1n) is 8.21. The van der Waals surface area contributed by atoms with Crippen LogP contribution in [-0.4, -0.2) is 48.7 Å². The summed E-state index contributed by atoms with van der Waals surface area (Å²) in [5.74, 6) is 0.717. The predicted octanol–water partition coefficient (Wildman–Crippen LogP) is 2.18. The first kappa shape index (κ1) is 15.8. The predicted molar refractivity (Wildman–Crippen MR) is 80.7 cm³/mol. The lowest BCUT2D eigenvalue weighted by Crippen LogP contribution is -2.58. The van der Waals surface area contributed by atoms with Crippen molar-refractivity contribution in [3.8, 4) is 0 Å². The molecule has 4 heteroatoms. The second-order valence-corrected chi connectivity index (χ2v) is 6.78. The third-order valence-corrected chi connectivity index (χ3v) is 4.48. The van der Waals surface area contributed by atoms with E-state index in [0.29, 0.717) is 12.6 Å². The average Bonchev–Trinajstić information content (AvgIpc) is 3.20. The number of rotatable bonds is 6. The lowest BCUT2D eigenvalue weighted by Gasteiger charge is -2.34. The van der Waals surface area contributed by atoms with Crippen LogP contribution in [0.25, 0.3) is 0 Å². The highest BCUT2D eigenvalue weighted by Gasteiger charge is 2.41. The molecule has 0 radical (unpaired) electrons. The van der Waals surface area contributed by atoms with E-state index in [0.717, 1.165) is 25.6 Å². The number of esters is 1. The van der Waals surface area contributed by atoms with Crippen molar-refractivity contribution in [3.63, 3.8) is 0 Å². The van der Waals surface area contributed by atoms with Crippen LogP contribution in [0.4, 0.5) is 0 Å². The molecule has 0 bridgehead atoms. The van der Waals surface area contributed by atoms with Gasteiger partial charge in [0.2, 0.25) is 0 Å². The number of carbonyl (C=O) groups excluding carboxylic acids is 1. The Kier molecular flexibility index (Phi) is 5.44. The van der Waals surface area contributed by atoms with Gasteiger partial charge in [-0.1, -0.05) is 6.92 Å². The Balaban J connectivity index is 1.96. The van der Waals surface area contributed by atoms with Crippen LogP contribution in [0, 0.1) is 5.92 Å². The number of hydrogen-bond acceptors (Lipinski definition) is 4. The molecular formula is C16H30N2O2. The average molecular weight is 282 g/mol. The fourth-order valence-electron chi connectivity index (χ4n) is 3.07. The van der Waals surface area contributed by atoms with E-state index in [9.17, 15) is 4.79 Å². The third-order valence-electron chi connectivity index (χ3n) is 4.48. The Morgan fingerprint density at radius 3 is 2.70 bits per heavy atom. The standard InChI is InChI=1S/C16H30N2O2/c1-4-20-15(19)16(3,17-14-7-8-14)12-18-10-5-6-13(2)9-11-18/h13-14,17H,4-12H2,1-3H3. The van der Waals surface area contributed by atoms with Gasteiger partial charge in [0.15, 0.2) is 0 Å². The van der Waals surface area contributed by atoms with E-state index >= 15 is 0 Å². The molecule has 116 valence electrons. The van der Waals surface area contributed by atoms with Crippen LogP contribution >= 0.6 is 0 Å². The summed E-state index contributed by atoms with van der Waals surface area (Å²) >= 11 is 0. The molecule has 0 aromatic carbocycles. The zero-order chi connectivity index (χ0) is 14.6. The fourth-order valence-corrected chi connectivity index (χ4v) is 3.07. The maximum Gasteiger partial charge on any atom is 0.327 e. The molecule has 1 aliphatic heterocycles.